The zero-order chi connectivity index (χ0) is 12.1. The SMILES string of the molecule is COCCN1C(=O)N(CCOC)C(C)C1C. The van der Waals surface area contributed by atoms with Crippen LogP contribution in [0.15, 0.2) is 0 Å². The van der Waals surface area contributed by atoms with Gasteiger partial charge < -0.3 is 19.3 Å². The van der Waals surface area contributed by atoms with Crippen LogP contribution in [0, 0.1) is 0 Å². The van der Waals surface area contributed by atoms with E-state index in [1.165, 1.54) is 0 Å². The van der Waals surface area contributed by atoms with Gasteiger partial charge in [-0.3, -0.25) is 0 Å². The van der Waals surface area contributed by atoms with Crippen LogP contribution in [-0.2, 0) is 9.47 Å². The summed E-state index contributed by atoms with van der Waals surface area (Å²) < 4.78 is 10.0. The van der Waals surface area contributed by atoms with Gasteiger partial charge in [0.15, 0.2) is 0 Å². The monoisotopic (exact) mass is 230 g/mol. The molecule has 0 aliphatic carbocycles. The van der Waals surface area contributed by atoms with Crippen LogP contribution in [0.2, 0.25) is 0 Å². The number of urea groups is 1. The van der Waals surface area contributed by atoms with E-state index in [9.17, 15) is 4.79 Å². The fourth-order valence-corrected chi connectivity index (χ4v) is 2.01. The topological polar surface area (TPSA) is 42.0 Å². The largest absolute Gasteiger partial charge is 0.383 e. The fraction of sp³-hybridized carbons (Fsp3) is 0.909. The van der Waals surface area contributed by atoms with E-state index in [2.05, 4.69) is 13.8 Å². The van der Waals surface area contributed by atoms with Crippen molar-refractivity contribution in [2.45, 2.75) is 25.9 Å². The minimum Gasteiger partial charge on any atom is -0.383 e. The third-order valence-electron chi connectivity index (χ3n) is 3.25. The number of carbonyl (C=O) groups is 1. The minimum absolute atomic E-state index is 0.0918. The maximum atomic E-state index is 12.1. The van der Waals surface area contributed by atoms with E-state index >= 15 is 0 Å². The highest BCUT2D eigenvalue weighted by molar-refractivity contribution is 5.77. The number of nitrogens with zero attached hydrogens (tertiary/aromatic N) is 2. The Morgan fingerprint density at radius 2 is 1.38 bits per heavy atom. The van der Waals surface area contributed by atoms with Gasteiger partial charge in [0.1, 0.15) is 0 Å². The van der Waals surface area contributed by atoms with Crippen LogP contribution < -0.4 is 0 Å². The lowest BCUT2D eigenvalue weighted by molar-refractivity contribution is 0.137. The average molecular weight is 230 g/mol. The first-order valence-corrected chi connectivity index (χ1v) is 5.68. The summed E-state index contributed by atoms with van der Waals surface area (Å²) in [6, 6.07) is 0.563. The average Bonchev–Trinajstić information content (AvgIpc) is 2.47. The molecule has 1 heterocycles. The highest BCUT2D eigenvalue weighted by Crippen LogP contribution is 2.21. The number of carbonyl (C=O) groups excluding carboxylic acids is 1. The number of methoxy groups -OCH3 is 2. The van der Waals surface area contributed by atoms with Crippen LogP contribution in [0.4, 0.5) is 4.79 Å². The predicted octanol–water partition coefficient (Wildman–Crippen LogP) is 0.794. The maximum Gasteiger partial charge on any atom is 0.320 e. The van der Waals surface area contributed by atoms with Gasteiger partial charge in [0.2, 0.25) is 0 Å². The van der Waals surface area contributed by atoms with Gasteiger partial charge in [-0.05, 0) is 13.8 Å². The van der Waals surface area contributed by atoms with Gasteiger partial charge in [0.05, 0.1) is 25.3 Å². The lowest BCUT2D eigenvalue weighted by atomic mass is 10.1. The van der Waals surface area contributed by atoms with E-state index in [4.69, 9.17) is 9.47 Å². The molecule has 0 N–H and O–H groups in total. The third kappa shape index (κ3) is 2.65. The van der Waals surface area contributed by atoms with Crippen LogP contribution in [-0.4, -0.2) is 68.4 Å². The van der Waals surface area contributed by atoms with Crippen LogP contribution in [0.25, 0.3) is 0 Å². The molecule has 16 heavy (non-hydrogen) atoms. The lowest BCUT2D eigenvalue weighted by Gasteiger charge is -2.20. The molecule has 0 aromatic rings. The van der Waals surface area contributed by atoms with Gasteiger partial charge in [-0.25, -0.2) is 4.79 Å². The summed E-state index contributed by atoms with van der Waals surface area (Å²) in [7, 11) is 3.30. The number of hydrogen-bond donors (Lipinski definition) is 0. The van der Waals surface area contributed by atoms with Crippen LogP contribution >= 0.6 is 0 Å². The molecule has 2 atom stereocenters. The first-order chi connectivity index (χ1) is 7.63. The number of hydrogen-bond acceptors (Lipinski definition) is 3. The Bertz CT molecular complexity index is 213. The molecule has 2 amide bonds. The number of amides is 2. The summed E-state index contributed by atoms with van der Waals surface area (Å²) in [5.41, 5.74) is 0. The Balaban J connectivity index is 2.58. The highest BCUT2D eigenvalue weighted by atomic mass is 16.5. The van der Waals surface area contributed by atoms with Crippen LogP contribution in [0.5, 0.6) is 0 Å². The summed E-state index contributed by atoms with van der Waals surface area (Å²) >= 11 is 0. The summed E-state index contributed by atoms with van der Waals surface area (Å²) in [6.07, 6.45) is 0. The molecule has 1 aliphatic rings. The maximum absolute atomic E-state index is 12.1. The first-order valence-electron chi connectivity index (χ1n) is 5.68. The van der Waals surface area contributed by atoms with Crippen molar-refractivity contribution in [3.63, 3.8) is 0 Å². The molecule has 0 aromatic carbocycles. The Morgan fingerprint density at radius 3 is 1.69 bits per heavy atom. The van der Waals surface area contributed by atoms with Gasteiger partial charge in [-0.2, -0.15) is 0 Å². The second-order valence-corrected chi connectivity index (χ2v) is 4.14. The van der Waals surface area contributed by atoms with E-state index in [1.807, 2.05) is 9.80 Å². The summed E-state index contributed by atoms with van der Waals surface area (Å²) in [5, 5.41) is 0. The van der Waals surface area contributed by atoms with Gasteiger partial charge in [0.25, 0.3) is 0 Å². The Labute approximate surface area is 97.3 Å². The van der Waals surface area contributed by atoms with E-state index in [0.717, 1.165) is 0 Å². The second kappa shape index (κ2) is 6.06. The molecule has 94 valence electrons. The van der Waals surface area contributed by atoms with Gasteiger partial charge in [-0.15, -0.1) is 0 Å². The van der Waals surface area contributed by atoms with Crippen molar-refractivity contribution in [1.29, 1.82) is 0 Å². The van der Waals surface area contributed by atoms with Crippen molar-refractivity contribution in [2.24, 2.45) is 0 Å². The molecule has 0 saturated carbocycles. The lowest BCUT2D eigenvalue weighted by Crippen LogP contribution is -2.37. The molecule has 1 rings (SSSR count). The first kappa shape index (κ1) is 13.3. The molecule has 0 spiro atoms. The molecule has 5 nitrogen and oxygen atoms in total. The highest BCUT2D eigenvalue weighted by Gasteiger charge is 2.39. The molecule has 2 unspecified atom stereocenters. The van der Waals surface area contributed by atoms with Crippen molar-refractivity contribution < 1.29 is 14.3 Å². The van der Waals surface area contributed by atoms with Crippen molar-refractivity contribution in [1.82, 2.24) is 9.80 Å². The van der Waals surface area contributed by atoms with Crippen molar-refractivity contribution >= 4 is 6.03 Å². The predicted molar refractivity (Wildman–Crippen MR) is 61.5 cm³/mol. The molecule has 1 fully saturated rings. The van der Waals surface area contributed by atoms with Gasteiger partial charge in [-0.1, -0.05) is 0 Å². The van der Waals surface area contributed by atoms with Crippen molar-refractivity contribution in [2.75, 3.05) is 40.5 Å². The Morgan fingerprint density at radius 1 is 1.00 bits per heavy atom. The van der Waals surface area contributed by atoms with E-state index in [-0.39, 0.29) is 18.1 Å². The fourth-order valence-electron chi connectivity index (χ4n) is 2.01. The normalized spacial score (nSPS) is 25.6. The number of rotatable bonds is 6. The molecule has 1 saturated heterocycles. The smallest absolute Gasteiger partial charge is 0.320 e. The van der Waals surface area contributed by atoms with Crippen molar-refractivity contribution in [3.8, 4) is 0 Å². The third-order valence-corrected chi connectivity index (χ3v) is 3.25. The van der Waals surface area contributed by atoms with E-state index in [1.54, 1.807) is 14.2 Å². The molecular formula is C11H22N2O3. The summed E-state index contributed by atoms with van der Waals surface area (Å²) in [4.78, 5) is 15.8. The van der Waals surface area contributed by atoms with Gasteiger partial charge >= 0.3 is 6.03 Å². The zero-order valence-electron chi connectivity index (χ0n) is 10.6. The quantitative estimate of drug-likeness (QED) is 0.677. The number of ether oxygens (including phenoxy) is 2. The molecule has 0 bridgehead atoms. The van der Waals surface area contributed by atoms with E-state index < -0.39 is 0 Å². The standard InChI is InChI=1S/C11H22N2O3/c1-9-10(2)13(6-8-16-4)11(14)12(9)5-7-15-3/h9-10H,5-8H2,1-4H3. The molecule has 0 aromatic heterocycles. The molecule has 5 heteroatoms. The Kier molecular flexibility index (Phi) is 5.02. The van der Waals surface area contributed by atoms with Crippen molar-refractivity contribution in [3.05, 3.63) is 0 Å². The summed E-state index contributed by atoms with van der Waals surface area (Å²) in [5.74, 6) is 0. The second-order valence-electron chi connectivity index (χ2n) is 4.14. The minimum atomic E-state index is 0.0918. The molecular weight excluding hydrogens is 208 g/mol. The summed E-state index contributed by atoms with van der Waals surface area (Å²) in [6.45, 7) is 6.63. The Hall–Kier alpha value is -0.810. The van der Waals surface area contributed by atoms with Crippen LogP contribution in [0.3, 0.4) is 0 Å². The molecule has 1 aliphatic heterocycles. The van der Waals surface area contributed by atoms with E-state index in [0.29, 0.717) is 26.3 Å². The van der Waals surface area contributed by atoms with Crippen LogP contribution in [0.1, 0.15) is 13.8 Å². The zero-order valence-corrected chi connectivity index (χ0v) is 10.6. The van der Waals surface area contributed by atoms with Gasteiger partial charge in [0, 0.05) is 27.3 Å². The molecule has 0 radical (unpaired) electrons.